The molecule has 1 rings (SSSR count). The molecule has 0 bridgehead atoms. The molecule has 1 aromatic carbocycles. The fraction of sp³-hybridized carbons (Fsp3) is 0.593. The number of carbonyl (C=O) groups excluding carboxylic acids is 5. The lowest BCUT2D eigenvalue weighted by atomic mass is 9.91. The van der Waals surface area contributed by atoms with Crippen molar-refractivity contribution in [3.63, 3.8) is 0 Å². The maximum atomic E-state index is 12.8. The zero-order chi connectivity index (χ0) is 29.0. The van der Waals surface area contributed by atoms with E-state index in [0.29, 0.717) is 24.2 Å². The molecule has 2 atom stereocenters. The molecule has 0 saturated heterocycles. The number of hydrogen-bond donors (Lipinski definition) is 2. The van der Waals surface area contributed by atoms with Crippen molar-refractivity contribution in [1.29, 1.82) is 0 Å². The number of halogens is 1. The van der Waals surface area contributed by atoms with Crippen LogP contribution >= 0.6 is 11.6 Å². The van der Waals surface area contributed by atoms with Crippen molar-refractivity contribution in [2.24, 2.45) is 11.8 Å². The Morgan fingerprint density at radius 1 is 1.00 bits per heavy atom. The Morgan fingerprint density at radius 2 is 1.61 bits per heavy atom. The number of amides is 3. The van der Waals surface area contributed by atoms with Crippen LogP contribution in [0.5, 0.6) is 0 Å². The van der Waals surface area contributed by atoms with Crippen LogP contribution in [0.4, 0.5) is 10.5 Å². The molecule has 0 radical (unpaired) electrons. The second-order valence-corrected chi connectivity index (χ2v) is 10.9. The van der Waals surface area contributed by atoms with E-state index in [2.05, 4.69) is 10.6 Å². The Labute approximate surface area is 229 Å². The van der Waals surface area contributed by atoms with E-state index >= 15 is 0 Å². The SMILES string of the molecule is CC(C)[C@H](CC(=O)OC(C)(C)C)C(=O)N[C@@H](C)C(=O)Nc1ccc(COC(=O)N(C)CCCC(=O)Cl)cc1. The molecule has 0 aliphatic carbocycles. The van der Waals surface area contributed by atoms with E-state index in [-0.39, 0.29) is 25.4 Å². The first kappa shape index (κ1) is 32.9. The number of esters is 1. The van der Waals surface area contributed by atoms with Crippen molar-refractivity contribution in [2.75, 3.05) is 18.9 Å². The highest BCUT2D eigenvalue weighted by Gasteiger charge is 2.29. The fourth-order valence-electron chi connectivity index (χ4n) is 3.32. The average Bonchev–Trinajstić information content (AvgIpc) is 2.80. The molecule has 3 amide bonds. The zero-order valence-electron chi connectivity index (χ0n) is 23.3. The van der Waals surface area contributed by atoms with E-state index in [1.165, 1.54) is 4.90 Å². The normalized spacial score (nSPS) is 12.8. The van der Waals surface area contributed by atoms with Gasteiger partial charge in [-0.1, -0.05) is 26.0 Å². The maximum absolute atomic E-state index is 12.8. The van der Waals surface area contributed by atoms with Gasteiger partial charge in [0.05, 0.1) is 12.3 Å². The molecule has 0 heterocycles. The molecule has 0 aromatic heterocycles. The molecule has 0 spiro atoms. The van der Waals surface area contributed by atoms with E-state index in [4.69, 9.17) is 21.1 Å². The maximum Gasteiger partial charge on any atom is 0.409 e. The highest BCUT2D eigenvalue weighted by atomic mass is 35.5. The van der Waals surface area contributed by atoms with Gasteiger partial charge in [0, 0.05) is 25.7 Å². The van der Waals surface area contributed by atoms with Crippen molar-refractivity contribution in [2.45, 2.75) is 79.1 Å². The Morgan fingerprint density at radius 3 is 2.13 bits per heavy atom. The van der Waals surface area contributed by atoms with Crippen molar-refractivity contribution >= 4 is 46.4 Å². The Bertz CT molecular complexity index is 974. The number of nitrogens with zero attached hydrogens (tertiary/aromatic N) is 1. The van der Waals surface area contributed by atoms with Crippen LogP contribution in [-0.2, 0) is 35.3 Å². The molecular weight excluding hydrogens is 514 g/mol. The third-order valence-electron chi connectivity index (χ3n) is 5.46. The number of ether oxygens (including phenoxy) is 2. The first-order chi connectivity index (χ1) is 17.6. The molecule has 0 aliphatic heterocycles. The molecular formula is C27H40ClN3O7. The largest absolute Gasteiger partial charge is 0.460 e. The summed E-state index contributed by atoms with van der Waals surface area (Å²) in [5.74, 6) is -2.05. The van der Waals surface area contributed by atoms with Gasteiger partial charge < -0.3 is 25.0 Å². The van der Waals surface area contributed by atoms with Gasteiger partial charge in [-0.25, -0.2) is 4.79 Å². The third kappa shape index (κ3) is 12.9. The van der Waals surface area contributed by atoms with E-state index in [0.717, 1.165) is 0 Å². The average molecular weight is 554 g/mol. The summed E-state index contributed by atoms with van der Waals surface area (Å²) >= 11 is 5.29. The van der Waals surface area contributed by atoms with E-state index in [1.807, 2.05) is 13.8 Å². The van der Waals surface area contributed by atoms with E-state index in [1.54, 1.807) is 59.0 Å². The van der Waals surface area contributed by atoms with Gasteiger partial charge in [-0.15, -0.1) is 0 Å². The van der Waals surface area contributed by atoms with Crippen LogP contribution in [0.25, 0.3) is 0 Å². The predicted molar refractivity (Wildman–Crippen MR) is 144 cm³/mol. The lowest BCUT2D eigenvalue weighted by molar-refractivity contribution is -0.158. The molecule has 38 heavy (non-hydrogen) atoms. The predicted octanol–water partition coefficient (Wildman–Crippen LogP) is 4.25. The van der Waals surface area contributed by atoms with Crippen LogP contribution in [0.3, 0.4) is 0 Å². The molecule has 1 aromatic rings. The summed E-state index contributed by atoms with van der Waals surface area (Å²) in [7, 11) is 1.57. The minimum absolute atomic E-state index is 0.0343. The molecule has 10 nitrogen and oxygen atoms in total. The summed E-state index contributed by atoms with van der Waals surface area (Å²) in [6, 6.07) is 5.88. The number of nitrogens with one attached hydrogen (secondary N) is 2. The van der Waals surface area contributed by atoms with Gasteiger partial charge >= 0.3 is 12.1 Å². The molecule has 0 saturated carbocycles. The van der Waals surface area contributed by atoms with Gasteiger partial charge in [0.1, 0.15) is 18.2 Å². The highest BCUT2D eigenvalue weighted by Crippen LogP contribution is 2.19. The lowest BCUT2D eigenvalue weighted by Gasteiger charge is -2.25. The van der Waals surface area contributed by atoms with Crippen LogP contribution in [0.1, 0.15) is 66.4 Å². The third-order valence-corrected chi connectivity index (χ3v) is 5.65. The lowest BCUT2D eigenvalue weighted by Crippen LogP contribution is -2.45. The quantitative estimate of drug-likeness (QED) is 0.276. The van der Waals surface area contributed by atoms with Gasteiger partial charge in [0.15, 0.2) is 0 Å². The van der Waals surface area contributed by atoms with Crippen molar-refractivity contribution < 1.29 is 33.4 Å². The van der Waals surface area contributed by atoms with Crippen LogP contribution in [0.15, 0.2) is 24.3 Å². The van der Waals surface area contributed by atoms with Crippen molar-refractivity contribution in [3.8, 4) is 0 Å². The van der Waals surface area contributed by atoms with Gasteiger partial charge in [0.25, 0.3) is 0 Å². The minimum Gasteiger partial charge on any atom is -0.460 e. The van der Waals surface area contributed by atoms with Gasteiger partial charge in [-0.05, 0) is 69.3 Å². The number of carbonyl (C=O) groups is 5. The van der Waals surface area contributed by atoms with E-state index < -0.39 is 46.7 Å². The van der Waals surface area contributed by atoms with Crippen molar-refractivity contribution in [1.82, 2.24) is 10.2 Å². The summed E-state index contributed by atoms with van der Waals surface area (Å²) in [5.41, 5.74) is 0.565. The number of rotatable bonds is 13. The standard InChI is InChI=1S/C27H40ClN3O7/c1-17(2)21(15-23(33)38-27(4,5)6)25(35)29-18(3)24(34)30-20-12-10-19(11-13-20)16-37-26(36)31(7)14-8-9-22(28)32/h10-13,17-18,21H,8-9,14-16H2,1-7H3,(H,29,35)(H,30,34)/t18-,21-/m0/s1. The van der Waals surface area contributed by atoms with Crippen LogP contribution in [-0.4, -0.2) is 59.3 Å². The van der Waals surface area contributed by atoms with Gasteiger partial charge in [-0.3, -0.25) is 19.2 Å². The monoisotopic (exact) mass is 553 g/mol. The molecule has 0 fully saturated rings. The number of hydrogen-bond acceptors (Lipinski definition) is 7. The Balaban J connectivity index is 2.58. The fourth-order valence-corrected chi connectivity index (χ4v) is 3.45. The summed E-state index contributed by atoms with van der Waals surface area (Å²) < 4.78 is 10.6. The van der Waals surface area contributed by atoms with E-state index in [9.17, 15) is 24.0 Å². The first-order valence-electron chi connectivity index (χ1n) is 12.6. The summed E-state index contributed by atoms with van der Waals surface area (Å²) in [6.45, 7) is 10.9. The minimum atomic E-state index is -0.840. The number of anilines is 1. The van der Waals surface area contributed by atoms with Crippen LogP contribution in [0, 0.1) is 11.8 Å². The highest BCUT2D eigenvalue weighted by molar-refractivity contribution is 6.63. The first-order valence-corrected chi connectivity index (χ1v) is 12.9. The van der Waals surface area contributed by atoms with Crippen LogP contribution < -0.4 is 10.6 Å². The molecule has 2 N–H and O–H groups in total. The zero-order valence-corrected chi connectivity index (χ0v) is 24.0. The second kappa shape index (κ2) is 15.3. The summed E-state index contributed by atoms with van der Waals surface area (Å²) in [6.07, 6.45) is 0.0203. The Kier molecular flexibility index (Phi) is 13.3. The van der Waals surface area contributed by atoms with Gasteiger partial charge in [0.2, 0.25) is 17.1 Å². The van der Waals surface area contributed by atoms with Crippen molar-refractivity contribution in [3.05, 3.63) is 29.8 Å². The van der Waals surface area contributed by atoms with Crippen LogP contribution in [0.2, 0.25) is 0 Å². The Hall–Kier alpha value is -3.14. The summed E-state index contributed by atoms with van der Waals surface area (Å²) in [5, 5.41) is 4.96. The number of benzene rings is 1. The second-order valence-electron chi connectivity index (χ2n) is 10.5. The molecule has 11 heteroatoms. The summed E-state index contributed by atoms with van der Waals surface area (Å²) in [4.78, 5) is 61.8. The molecule has 0 aliphatic rings. The molecule has 212 valence electrons. The van der Waals surface area contributed by atoms with Gasteiger partial charge in [-0.2, -0.15) is 0 Å². The molecule has 0 unspecified atom stereocenters. The topological polar surface area (TPSA) is 131 Å². The smallest absolute Gasteiger partial charge is 0.409 e.